The Bertz CT molecular complexity index is 701. The largest absolute Gasteiger partial charge is 0.366 e. The summed E-state index contributed by atoms with van der Waals surface area (Å²) in [6.07, 6.45) is 1.81. The molecule has 0 fully saturated rings. The molecule has 0 saturated heterocycles. The predicted octanol–water partition coefficient (Wildman–Crippen LogP) is 2.13. The van der Waals surface area contributed by atoms with Crippen LogP contribution >= 0.6 is 0 Å². The van der Waals surface area contributed by atoms with Gasteiger partial charge in [-0.05, 0) is 30.0 Å². The zero-order chi connectivity index (χ0) is 15.0. The quantitative estimate of drug-likeness (QED) is 0.935. The van der Waals surface area contributed by atoms with Gasteiger partial charge in [0.2, 0.25) is 5.91 Å². The van der Waals surface area contributed by atoms with Crippen molar-refractivity contribution in [2.45, 2.75) is 26.2 Å². The minimum absolute atomic E-state index is 0.105. The van der Waals surface area contributed by atoms with Crippen LogP contribution in [0, 0.1) is 5.92 Å². The predicted molar refractivity (Wildman–Crippen MR) is 76.1 cm³/mol. The number of primary amides is 1. The number of Topliss-reactive ketones (excluding diaryl/α,β-unsaturated/α-hetero) is 1. The molecule has 1 unspecified atom stereocenters. The highest BCUT2D eigenvalue weighted by molar-refractivity contribution is 5.99. The maximum atomic E-state index is 12.2. The van der Waals surface area contributed by atoms with Gasteiger partial charge in [0, 0.05) is 18.4 Å². The van der Waals surface area contributed by atoms with Gasteiger partial charge in [-0.15, -0.1) is 0 Å². The van der Waals surface area contributed by atoms with Crippen LogP contribution in [0.15, 0.2) is 28.8 Å². The number of amides is 1. The normalized spacial score (nSPS) is 17.6. The zero-order valence-corrected chi connectivity index (χ0v) is 11.8. The summed E-state index contributed by atoms with van der Waals surface area (Å²) >= 11 is 0. The molecule has 2 aromatic rings. The van der Waals surface area contributed by atoms with E-state index in [4.69, 9.17) is 10.3 Å². The number of carbonyl (C=O) groups excluding carboxylic acids is 2. The summed E-state index contributed by atoms with van der Waals surface area (Å²) in [5.74, 6) is 0.572. The fraction of sp³-hybridized carbons (Fsp3) is 0.312. The van der Waals surface area contributed by atoms with E-state index in [0.717, 1.165) is 17.7 Å². The number of hydrogen-bond donors (Lipinski definition) is 1. The topological polar surface area (TPSA) is 86.2 Å². The Morgan fingerprint density at radius 2 is 2.05 bits per heavy atom. The molecule has 3 rings (SSSR count). The minimum atomic E-state index is -0.456. The first kappa shape index (κ1) is 13.5. The number of benzene rings is 1. The van der Waals surface area contributed by atoms with Gasteiger partial charge in [0.1, 0.15) is 0 Å². The van der Waals surface area contributed by atoms with Gasteiger partial charge in [-0.3, -0.25) is 9.59 Å². The van der Waals surface area contributed by atoms with Crippen molar-refractivity contribution in [3.63, 3.8) is 0 Å². The molecule has 1 aromatic heterocycles. The van der Waals surface area contributed by atoms with E-state index in [1.54, 1.807) is 12.1 Å². The fourth-order valence-corrected chi connectivity index (χ4v) is 2.73. The van der Waals surface area contributed by atoms with Gasteiger partial charge in [-0.1, -0.05) is 24.2 Å². The van der Waals surface area contributed by atoms with Crippen LogP contribution in [0.25, 0.3) is 0 Å². The molecule has 108 valence electrons. The van der Waals surface area contributed by atoms with Gasteiger partial charge in [-0.2, -0.15) is 0 Å². The van der Waals surface area contributed by atoms with Gasteiger partial charge < -0.3 is 10.3 Å². The van der Waals surface area contributed by atoms with Gasteiger partial charge in [0.15, 0.2) is 11.5 Å². The second kappa shape index (κ2) is 5.16. The third-order valence-corrected chi connectivity index (χ3v) is 3.79. The van der Waals surface area contributed by atoms with Gasteiger partial charge >= 0.3 is 0 Å². The molecule has 1 amide bonds. The number of nitrogens with zero attached hydrogens (tertiary/aromatic N) is 1. The summed E-state index contributed by atoms with van der Waals surface area (Å²) in [5.41, 5.74) is 8.03. The Morgan fingerprint density at radius 1 is 1.33 bits per heavy atom. The molecule has 5 heteroatoms. The van der Waals surface area contributed by atoms with Crippen molar-refractivity contribution < 1.29 is 14.1 Å². The Hall–Kier alpha value is -2.43. The average molecular weight is 284 g/mol. The third-order valence-electron chi connectivity index (χ3n) is 3.79. The van der Waals surface area contributed by atoms with E-state index in [0.29, 0.717) is 35.6 Å². The highest BCUT2D eigenvalue weighted by Gasteiger charge is 2.29. The number of fused-ring (bicyclic) bond motifs is 1. The van der Waals surface area contributed by atoms with E-state index < -0.39 is 5.91 Å². The van der Waals surface area contributed by atoms with Crippen molar-refractivity contribution in [3.8, 4) is 0 Å². The summed E-state index contributed by atoms with van der Waals surface area (Å²) in [6, 6.07) is 6.96. The number of hydrogen-bond acceptors (Lipinski definition) is 4. The molecule has 1 atom stereocenters. The van der Waals surface area contributed by atoms with Gasteiger partial charge in [0.25, 0.3) is 0 Å². The SMILES string of the molecule is CC1CC(=O)c2c(noc2Cc2ccc(C(N)=O)cc2)C1. The summed E-state index contributed by atoms with van der Waals surface area (Å²) in [4.78, 5) is 23.2. The van der Waals surface area contributed by atoms with Crippen LogP contribution in [0.5, 0.6) is 0 Å². The Kier molecular flexibility index (Phi) is 3.33. The molecule has 5 nitrogen and oxygen atoms in total. The molecule has 2 N–H and O–H groups in total. The lowest BCUT2D eigenvalue weighted by molar-refractivity contribution is 0.0950. The minimum Gasteiger partial charge on any atom is -0.366 e. The molecule has 1 aromatic carbocycles. The molecule has 1 aliphatic carbocycles. The van der Waals surface area contributed by atoms with Crippen molar-refractivity contribution in [2.24, 2.45) is 11.7 Å². The van der Waals surface area contributed by atoms with Crippen molar-refractivity contribution in [1.29, 1.82) is 0 Å². The van der Waals surface area contributed by atoms with Crippen LogP contribution in [-0.4, -0.2) is 16.8 Å². The lowest BCUT2D eigenvalue weighted by Gasteiger charge is -2.15. The van der Waals surface area contributed by atoms with Crippen LogP contribution in [0.1, 0.15) is 51.1 Å². The smallest absolute Gasteiger partial charge is 0.248 e. The Balaban J connectivity index is 1.86. The summed E-state index contributed by atoms with van der Waals surface area (Å²) < 4.78 is 5.36. The fourth-order valence-electron chi connectivity index (χ4n) is 2.73. The number of aromatic nitrogens is 1. The summed E-state index contributed by atoms with van der Waals surface area (Å²) in [5, 5.41) is 4.03. The number of carbonyl (C=O) groups is 2. The monoisotopic (exact) mass is 284 g/mol. The number of nitrogens with two attached hydrogens (primary N) is 1. The number of rotatable bonds is 3. The van der Waals surface area contributed by atoms with Crippen molar-refractivity contribution in [3.05, 3.63) is 52.4 Å². The van der Waals surface area contributed by atoms with E-state index in [1.165, 1.54) is 0 Å². The maximum absolute atomic E-state index is 12.2. The van der Waals surface area contributed by atoms with Crippen molar-refractivity contribution in [1.82, 2.24) is 5.16 Å². The van der Waals surface area contributed by atoms with Crippen LogP contribution < -0.4 is 5.73 Å². The van der Waals surface area contributed by atoms with Crippen molar-refractivity contribution in [2.75, 3.05) is 0 Å². The Morgan fingerprint density at radius 3 is 2.71 bits per heavy atom. The first-order chi connectivity index (χ1) is 10.0. The molecular formula is C16H16N2O3. The standard InChI is InChI=1S/C16H16N2O3/c1-9-6-12-15(13(19)7-9)14(21-18-12)8-10-2-4-11(5-3-10)16(17)20/h2-5,9H,6-8H2,1H3,(H2,17,20). The lowest BCUT2D eigenvalue weighted by atomic mass is 9.86. The van der Waals surface area contributed by atoms with E-state index in [9.17, 15) is 9.59 Å². The first-order valence-electron chi connectivity index (χ1n) is 6.94. The van der Waals surface area contributed by atoms with E-state index in [-0.39, 0.29) is 5.78 Å². The second-order valence-electron chi connectivity index (χ2n) is 5.60. The zero-order valence-electron chi connectivity index (χ0n) is 11.8. The van der Waals surface area contributed by atoms with Gasteiger partial charge in [-0.25, -0.2) is 0 Å². The van der Waals surface area contributed by atoms with Crippen molar-refractivity contribution >= 4 is 11.7 Å². The summed E-state index contributed by atoms with van der Waals surface area (Å²) in [6.45, 7) is 2.04. The van der Waals surface area contributed by atoms with E-state index in [2.05, 4.69) is 5.16 Å². The van der Waals surface area contributed by atoms with Crippen LogP contribution in [0.3, 0.4) is 0 Å². The maximum Gasteiger partial charge on any atom is 0.248 e. The van der Waals surface area contributed by atoms with E-state index >= 15 is 0 Å². The first-order valence-corrected chi connectivity index (χ1v) is 6.94. The molecule has 0 radical (unpaired) electrons. The molecular weight excluding hydrogens is 268 g/mol. The third kappa shape index (κ3) is 2.59. The molecule has 1 aliphatic rings. The highest BCUT2D eigenvalue weighted by Crippen LogP contribution is 2.28. The van der Waals surface area contributed by atoms with Gasteiger partial charge in [0.05, 0.1) is 11.3 Å². The number of ketones is 1. The second-order valence-corrected chi connectivity index (χ2v) is 5.60. The Labute approximate surface area is 122 Å². The van der Waals surface area contributed by atoms with Crippen LogP contribution in [-0.2, 0) is 12.8 Å². The summed E-state index contributed by atoms with van der Waals surface area (Å²) in [7, 11) is 0. The molecule has 21 heavy (non-hydrogen) atoms. The highest BCUT2D eigenvalue weighted by atomic mass is 16.5. The van der Waals surface area contributed by atoms with E-state index in [1.807, 2.05) is 19.1 Å². The molecule has 0 saturated carbocycles. The van der Waals surface area contributed by atoms with Crippen LogP contribution in [0.2, 0.25) is 0 Å². The molecule has 0 bridgehead atoms. The van der Waals surface area contributed by atoms with Crippen LogP contribution in [0.4, 0.5) is 0 Å². The lowest BCUT2D eigenvalue weighted by Crippen LogP contribution is -2.18. The molecule has 0 spiro atoms. The average Bonchev–Trinajstić information content (AvgIpc) is 2.82. The molecule has 1 heterocycles. The molecule has 0 aliphatic heterocycles.